The van der Waals surface area contributed by atoms with E-state index in [1.807, 2.05) is 18.2 Å². The van der Waals surface area contributed by atoms with Crippen LogP contribution >= 0.6 is 11.6 Å². The zero-order chi connectivity index (χ0) is 13.1. The van der Waals surface area contributed by atoms with Crippen molar-refractivity contribution in [3.63, 3.8) is 0 Å². The van der Waals surface area contributed by atoms with Gasteiger partial charge in [-0.3, -0.25) is 0 Å². The lowest BCUT2D eigenvalue weighted by atomic mass is 10.1. The minimum absolute atomic E-state index is 0.454. The molecule has 1 atom stereocenters. The van der Waals surface area contributed by atoms with Crippen LogP contribution in [0.2, 0.25) is 0 Å². The van der Waals surface area contributed by atoms with Gasteiger partial charge in [0.1, 0.15) is 6.07 Å². The van der Waals surface area contributed by atoms with Crippen LogP contribution in [0.5, 0.6) is 0 Å². The molecule has 0 aliphatic carbocycles. The topological polar surface area (TPSA) is 30.3 Å². The highest BCUT2D eigenvalue weighted by molar-refractivity contribution is 6.17. The van der Waals surface area contributed by atoms with Gasteiger partial charge in [-0.2, -0.15) is 5.26 Å². The fourth-order valence-corrected chi connectivity index (χ4v) is 2.58. The average molecular weight is 264 g/mol. The molecule has 0 spiro atoms. The highest BCUT2D eigenvalue weighted by Gasteiger charge is 2.25. The van der Waals surface area contributed by atoms with Crippen LogP contribution in [0, 0.1) is 11.3 Å². The van der Waals surface area contributed by atoms with Crippen LogP contribution in [0.1, 0.15) is 17.5 Å². The molecular weight excluding hydrogens is 246 g/mol. The minimum Gasteiger partial charge on any atom is -0.369 e. The van der Waals surface area contributed by atoms with E-state index in [1.54, 1.807) is 0 Å². The van der Waals surface area contributed by atoms with E-state index in [0.717, 1.165) is 36.3 Å². The summed E-state index contributed by atoms with van der Waals surface area (Å²) >= 11 is 5.80. The Morgan fingerprint density at radius 3 is 2.83 bits per heavy atom. The first-order chi connectivity index (χ1) is 8.65. The number of nitrogens with zero attached hydrogens (tertiary/aromatic N) is 3. The molecule has 0 N–H and O–H groups in total. The molecule has 0 radical (unpaired) electrons. The molecule has 1 saturated heterocycles. The van der Waals surface area contributed by atoms with E-state index in [-0.39, 0.29) is 0 Å². The molecule has 1 fully saturated rings. The number of likely N-dealkylation sites (N-methyl/N-ethyl adjacent to an activating group) is 1. The number of nitriles is 1. The Balaban J connectivity index is 2.22. The van der Waals surface area contributed by atoms with E-state index in [2.05, 4.69) is 30.0 Å². The van der Waals surface area contributed by atoms with E-state index in [9.17, 15) is 5.26 Å². The summed E-state index contributed by atoms with van der Waals surface area (Å²) in [5.74, 6) is 0.454. The molecular formula is C14H18ClN3. The molecule has 2 rings (SSSR count). The zero-order valence-electron chi connectivity index (χ0n) is 10.9. The monoisotopic (exact) mass is 263 g/mol. The average Bonchev–Trinajstić information content (AvgIpc) is 2.87. The predicted octanol–water partition coefficient (Wildman–Crippen LogP) is 2.44. The Bertz CT molecular complexity index is 465. The Morgan fingerprint density at radius 2 is 2.28 bits per heavy atom. The van der Waals surface area contributed by atoms with Gasteiger partial charge in [-0.25, -0.2) is 0 Å². The van der Waals surface area contributed by atoms with Crippen molar-refractivity contribution in [2.75, 3.05) is 32.1 Å². The summed E-state index contributed by atoms with van der Waals surface area (Å²) in [5.41, 5.74) is 2.77. The summed E-state index contributed by atoms with van der Waals surface area (Å²) in [4.78, 5) is 4.54. The smallest absolute Gasteiger partial charge is 0.101 e. The van der Waals surface area contributed by atoms with Gasteiger partial charge in [0.2, 0.25) is 0 Å². The fourth-order valence-electron chi connectivity index (χ4n) is 2.41. The molecule has 1 unspecified atom stereocenters. The lowest BCUT2D eigenvalue weighted by molar-refractivity contribution is 0.315. The van der Waals surface area contributed by atoms with E-state index in [4.69, 9.17) is 11.6 Å². The predicted molar refractivity (Wildman–Crippen MR) is 75.0 cm³/mol. The summed E-state index contributed by atoms with van der Waals surface area (Å²) < 4.78 is 0. The summed E-state index contributed by atoms with van der Waals surface area (Å²) in [6.45, 7) is 2.00. The van der Waals surface area contributed by atoms with Gasteiger partial charge < -0.3 is 9.80 Å². The molecule has 3 nitrogen and oxygen atoms in total. The lowest BCUT2D eigenvalue weighted by Crippen LogP contribution is -2.31. The fraction of sp³-hybridized carbons (Fsp3) is 0.500. The Kier molecular flexibility index (Phi) is 4.11. The van der Waals surface area contributed by atoms with Crippen molar-refractivity contribution in [1.29, 1.82) is 5.26 Å². The number of benzene rings is 1. The van der Waals surface area contributed by atoms with Crippen molar-refractivity contribution in [3.8, 4) is 6.07 Å². The van der Waals surface area contributed by atoms with Crippen LogP contribution in [0.25, 0.3) is 0 Å². The molecule has 1 aromatic rings. The second kappa shape index (κ2) is 5.60. The van der Waals surface area contributed by atoms with Crippen LogP contribution in [0.15, 0.2) is 18.2 Å². The number of hydrogen-bond donors (Lipinski definition) is 0. The van der Waals surface area contributed by atoms with Gasteiger partial charge in [-0.15, -0.1) is 11.6 Å². The summed E-state index contributed by atoms with van der Waals surface area (Å²) in [5, 5.41) is 9.24. The first kappa shape index (κ1) is 13.2. The maximum absolute atomic E-state index is 9.24. The van der Waals surface area contributed by atoms with Gasteiger partial charge in [0.05, 0.1) is 11.3 Å². The Hall–Kier alpha value is -1.24. The van der Waals surface area contributed by atoms with Crippen molar-refractivity contribution >= 4 is 17.3 Å². The van der Waals surface area contributed by atoms with Crippen LogP contribution in [0.3, 0.4) is 0 Å². The van der Waals surface area contributed by atoms with Gasteiger partial charge in [0, 0.05) is 25.0 Å². The van der Waals surface area contributed by atoms with Crippen molar-refractivity contribution in [2.24, 2.45) is 0 Å². The normalized spacial score (nSPS) is 19.3. The molecule has 1 aliphatic heterocycles. The number of anilines is 1. The summed E-state index contributed by atoms with van der Waals surface area (Å²) in [6.07, 6.45) is 1.15. The van der Waals surface area contributed by atoms with Crippen LogP contribution < -0.4 is 4.90 Å². The minimum atomic E-state index is 0.454. The lowest BCUT2D eigenvalue weighted by Gasteiger charge is -2.22. The molecule has 1 aliphatic rings. The number of hydrogen-bond acceptors (Lipinski definition) is 3. The molecule has 0 aromatic heterocycles. The maximum atomic E-state index is 9.24. The van der Waals surface area contributed by atoms with Gasteiger partial charge in [0.15, 0.2) is 0 Å². The molecule has 1 heterocycles. The van der Waals surface area contributed by atoms with E-state index in [1.165, 1.54) is 0 Å². The van der Waals surface area contributed by atoms with Crippen LogP contribution in [-0.2, 0) is 5.88 Å². The van der Waals surface area contributed by atoms with Crippen LogP contribution in [-0.4, -0.2) is 38.1 Å². The van der Waals surface area contributed by atoms with E-state index in [0.29, 0.717) is 11.9 Å². The molecule has 0 amide bonds. The molecule has 0 saturated carbocycles. The van der Waals surface area contributed by atoms with Crippen molar-refractivity contribution in [2.45, 2.75) is 18.3 Å². The van der Waals surface area contributed by atoms with Crippen molar-refractivity contribution in [1.82, 2.24) is 4.90 Å². The number of rotatable bonds is 3. The quantitative estimate of drug-likeness (QED) is 0.785. The summed E-state index contributed by atoms with van der Waals surface area (Å²) in [7, 11) is 4.21. The molecule has 0 bridgehead atoms. The Labute approximate surface area is 114 Å². The van der Waals surface area contributed by atoms with Crippen molar-refractivity contribution < 1.29 is 0 Å². The van der Waals surface area contributed by atoms with Gasteiger partial charge in [-0.1, -0.05) is 6.07 Å². The third kappa shape index (κ3) is 2.60. The van der Waals surface area contributed by atoms with E-state index < -0.39 is 0 Å². The first-order valence-electron chi connectivity index (χ1n) is 6.16. The SMILES string of the molecule is CN(C)C1CCN(c2ccc(CCl)cc2C#N)C1. The number of halogens is 1. The standard InChI is InChI=1S/C14H18ClN3/c1-17(2)13-5-6-18(10-13)14-4-3-11(8-15)7-12(14)9-16/h3-4,7,13H,5-6,8,10H2,1-2H3. The first-order valence-corrected chi connectivity index (χ1v) is 6.69. The summed E-state index contributed by atoms with van der Waals surface area (Å²) in [6, 6.07) is 8.77. The van der Waals surface area contributed by atoms with Crippen LogP contribution in [0.4, 0.5) is 5.69 Å². The molecule has 96 valence electrons. The third-order valence-electron chi connectivity index (χ3n) is 3.57. The second-order valence-electron chi connectivity index (χ2n) is 4.95. The Morgan fingerprint density at radius 1 is 1.50 bits per heavy atom. The highest BCUT2D eigenvalue weighted by Crippen LogP contribution is 2.26. The van der Waals surface area contributed by atoms with Crippen molar-refractivity contribution in [3.05, 3.63) is 29.3 Å². The second-order valence-corrected chi connectivity index (χ2v) is 5.22. The highest BCUT2D eigenvalue weighted by atomic mass is 35.5. The maximum Gasteiger partial charge on any atom is 0.101 e. The zero-order valence-corrected chi connectivity index (χ0v) is 11.6. The number of alkyl halides is 1. The molecule has 1 aromatic carbocycles. The van der Waals surface area contributed by atoms with Gasteiger partial charge in [-0.05, 0) is 38.2 Å². The third-order valence-corrected chi connectivity index (χ3v) is 3.88. The van der Waals surface area contributed by atoms with Gasteiger partial charge in [0.25, 0.3) is 0 Å². The molecule has 4 heteroatoms. The largest absolute Gasteiger partial charge is 0.369 e. The van der Waals surface area contributed by atoms with Gasteiger partial charge >= 0.3 is 0 Å². The molecule has 18 heavy (non-hydrogen) atoms. The van der Waals surface area contributed by atoms with E-state index >= 15 is 0 Å².